The summed E-state index contributed by atoms with van der Waals surface area (Å²) in [6, 6.07) is 8.19. The Hall–Kier alpha value is -1.45. The first kappa shape index (κ1) is 14.9. The summed E-state index contributed by atoms with van der Waals surface area (Å²) in [5, 5.41) is 4.16. The average Bonchev–Trinajstić information content (AvgIpc) is 2.92. The van der Waals surface area contributed by atoms with Crippen molar-refractivity contribution in [1.82, 2.24) is 5.32 Å². The van der Waals surface area contributed by atoms with E-state index in [-0.39, 0.29) is 0 Å². The van der Waals surface area contributed by atoms with Crippen molar-refractivity contribution in [3.8, 4) is 0 Å². The largest absolute Gasteiger partial charge is 0.472 e. The van der Waals surface area contributed by atoms with Crippen LogP contribution >= 0.6 is 11.6 Å². The number of anilines is 1. The van der Waals surface area contributed by atoms with Crippen LogP contribution in [-0.2, 0) is 13.1 Å². The number of benzene rings is 1. The smallest absolute Gasteiger partial charge is 0.0952 e. The van der Waals surface area contributed by atoms with Gasteiger partial charge in [0, 0.05) is 25.7 Å². The van der Waals surface area contributed by atoms with Gasteiger partial charge in [0.1, 0.15) is 0 Å². The standard InChI is InChI=1S/C16H21ClN2O/c1-3-7-18-10-13-4-5-16(15(17)9-13)19(2)11-14-6-8-20-12-14/h4-6,8-9,12,18H,3,7,10-11H2,1-2H3. The topological polar surface area (TPSA) is 28.4 Å². The van der Waals surface area contributed by atoms with Gasteiger partial charge < -0.3 is 14.6 Å². The van der Waals surface area contributed by atoms with Gasteiger partial charge in [-0.05, 0) is 36.7 Å². The molecule has 0 amide bonds. The fraction of sp³-hybridized carbons (Fsp3) is 0.375. The van der Waals surface area contributed by atoms with Crippen molar-refractivity contribution in [2.75, 3.05) is 18.5 Å². The van der Waals surface area contributed by atoms with Gasteiger partial charge in [0.05, 0.1) is 23.2 Å². The summed E-state index contributed by atoms with van der Waals surface area (Å²) < 4.78 is 5.09. The molecule has 0 unspecified atom stereocenters. The van der Waals surface area contributed by atoms with Gasteiger partial charge in [-0.25, -0.2) is 0 Å². The molecule has 0 radical (unpaired) electrons. The van der Waals surface area contributed by atoms with Gasteiger partial charge in [0.2, 0.25) is 0 Å². The lowest BCUT2D eigenvalue weighted by Crippen LogP contribution is -2.17. The maximum atomic E-state index is 6.38. The third kappa shape index (κ3) is 4.02. The van der Waals surface area contributed by atoms with Crippen LogP contribution in [-0.4, -0.2) is 13.6 Å². The van der Waals surface area contributed by atoms with Gasteiger partial charge in [0.25, 0.3) is 0 Å². The van der Waals surface area contributed by atoms with Crippen LogP contribution in [0.3, 0.4) is 0 Å². The Morgan fingerprint density at radius 1 is 1.25 bits per heavy atom. The monoisotopic (exact) mass is 292 g/mol. The van der Waals surface area contributed by atoms with Crippen LogP contribution < -0.4 is 10.2 Å². The summed E-state index contributed by atoms with van der Waals surface area (Å²) in [5.74, 6) is 0. The molecule has 108 valence electrons. The zero-order valence-corrected chi connectivity index (χ0v) is 12.8. The van der Waals surface area contributed by atoms with Crippen LogP contribution in [0.2, 0.25) is 5.02 Å². The number of halogens is 1. The summed E-state index contributed by atoms with van der Waals surface area (Å²) >= 11 is 6.38. The second-order valence-electron chi connectivity index (χ2n) is 4.95. The summed E-state index contributed by atoms with van der Waals surface area (Å²) in [6.45, 7) is 4.83. The van der Waals surface area contributed by atoms with Crippen molar-refractivity contribution >= 4 is 17.3 Å². The highest BCUT2D eigenvalue weighted by atomic mass is 35.5. The summed E-state index contributed by atoms with van der Waals surface area (Å²) in [6.07, 6.45) is 4.58. The Bertz CT molecular complexity index is 525. The molecule has 0 aliphatic rings. The lowest BCUT2D eigenvalue weighted by atomic mass is 10.2. The van der Waals surface area contributed by atoms with Crippen LogP contribution in [0.4, 0.5) is 5.69 Å². The molecule has 0 atom stereocenters. The Morgan fingerprint density at radius 2 is 2.10 bits per heavy atom. The Labute approximate surface area is 125 Å². The van der Waals surface area contributed by atoms with Crippen LogP contribution in [0, 0.1) is 0 Å². The fourth-order valence-electron chi connectivity index (χ4n) is 2.12. The minimum Gasteiger partial charge on any atom is -0.472 e. The molecular formula is C16H21ClN2O. The molecule has 0 bridgehead atoms. The minimum absolute atomic E-state index is 0.781. The number of furan rings is 1. The zero-order valence-electron chi connectivity index (χ0n) is 12.0. The first-order chi connectivity index (χ1) is 9.70. The number of nitrogens with zero attached hydrogens (tertiary/aromatic N) is 1. The summed E-state index contributed by atoms with van der Waals surface area (Å²) in [5.41, 5.74) is 3.38. The van der Waals surface area contributed by atoms with E-state index in [1.165, 1.54) is 5.56 Å². The minimum atomic E-state index is 0.781. The van der Waals surface area contributed by atoms with E-state index in [1.54, 1.807) is 12.5 Å². The average molecular weight is 293 g/mol. The summed E-state index contributed by atoms with van der Waals surface area (Å²) in [7, 11) is 2.03. The third-order valence-corrected chi connectivity index (χ3v) is 3.48. The molecule has 20 heavy (non-hydrogen) atoms. The van der Waals surface area contributed by atoms with Crippen LogP contribution in [0.15, 0.2) is 41.2 Å². The van der Waals surface area contributed by atoms with Crippen LogP contribution in [0.25, 0.3) is 0 Å². The van der Waals surface area contributed by atoms with Crippen LogP contribution in [0.1, 0.15) is 24.5 Å². The molecule has 1 N–H and O–H groups in total. The second-order valence-corrected chi connectivity index (χ2v) is 5.36. The highest BCUT2D eigenvalue weighted by Crippen LogP contribution is 2.27. The van der Waals surface area contributed by atoms with Crippen molar-refractivity contribution in [3.05, 3.63) is 52.9 Å². The maximum Gasteiger partial charge on any atom is 0.0952 e. The van der Waals surface area contributed by atoms with Gasteiger partial charge >= 0.3 is 0 Å². The Morgan fingerprint density at radius 3 is 2.75 bits per heavy atom. The van der Waals surface area contributed by atoms with Gasteiger partial charge in [0.15, 0.2) is 0 Å². The highest BCUT2D eigenvalue weighted by Gasteiger charge is 2.08. The van der Waals surface area contributed by atoms with Crippen molar-refractivity contribution in [2.24, 2.45) is 0 Å². The van der Waals surface area contributed by atoms with Crippen molar-refractivity contribution in [2.45, 2.75) is 26.4 Å². The van der Waals surface area contributed by atoms with E-state index in [2.05, 4.69) is 29.3 Å². The Kier molecular flexibility index (Phi) is 5.50. The van der Waals surface area contributed by atoms with Crippen molar-refractivity contribution in [3.63, 3.8) is 0 Å². The molecule has 0 aliphatic heterocycles. The van der Waals surface area contributed by atoms with E-state index in [4.69, 9.17) is 16.0 Å². The molecule has 0 aliphatic carbocycles. The molecule has 0 saturated carbocycles. The molecule has 0 fully saturated rings. The first-order valence-electron chi connectivity index (χ1n) is 6.92. The number of hydrogen-bond acceptors (Lipinski definition) is 3. The molecule has 2 aromatic rings. The predicted molar refractivity (Wildman–Crippen MR) is 84.3 cm³/mol. The zero-order chi connectivity index (χ0) is 14.4. The molecule has 1 heterocycles. The van der Waals surface area contributed by atoms with Gasteiger partial charge in [-0.1, -0.05) is 24.6 Å². The normalized spacial score (nSPS) is 10.8. The van der Waals surface area contributed by atoms with E-state index < -0.39 is 0 Å². The van der Waals surface area contributed by atoms with E-state index in [0.717, 1.165) is 42.3 Å². The molecular weight excluding hydrogens is 272 g/mol. The van der Waals surface area contributed by atoms with E-state index in [9.17, 15) is 0 Å². The molecule has 0 spiro atoms. The van der Waals surface area contributed by atoms with E-state index in [1.807, 2.05) is 19.2 Å². The number of hydrogen-bond donors (Lipinski definition) is 1. The van der Waals surface area contributed by atoms with Gasteiger partial charge in [-0.15, -0.1) is 0 Å². The maximum absolute atomic E-state index is 6.38. The molecule has 3 nitrogen and oxygen atoms in total. The third-order valence-electron chi connectivity index (χ3n) is 3.18. The highest BCUT2D eigenvalue weighted by molar-refractivity contribution is 6.33. The molecule has 2 rings (SSSR count). The van der Waals surface area contributed by atoms with E-state index in [0.29, 0.717) is 0 Å². The molecule has 4 heteroatoms. The van der Waals surface area contributed by atoms with Gasteiger partial charge in [-0.3, -0.25) is 0 Å². The fourth-order valence-corrected chi connectivity index (χ4v) is 2.47. The SMILES string of the molecule is CCCNCc1ccc(N(C)Cc2ccoc2)c(Cl)c1. The lowest BCUT2D eigenvalue weighted by molar-refractivity contribution is 0.563. The predicted octanol–water partition coefficient (Wildman–Crippen LogP) is 4.07. The van der Waals surface area contributed by atoms with E-state index >= 15 is 0 Å². The van der Waals surface area contributed by atoms with Gasteiger partial charge in [-0.2, -0.15) is 0 Å². The Balaban J connectivity index is 2.01. The molecule has 0 saturated heterocycles. The molecule has 1 aromatic heterocycles. The van der Waals surface area contributed by atoms with Crippen molar-refractivity contribution in [1.29, 1.82) is 0 Å². The number of nitrogens with one attached hydrogen (secondary N) is 1. The molecule has 1 aromatic carbocycles. The van der Waals surface area contributed by atoms with Crippen LogP contribution in [0.5, 0.6) is 0 Å². The van der Waals surface area contributed by atoms with Crippen molar-refractivity contribution < 1.29 is 4.42 Å². The first-order valence-corrected chi connectivity index (χ1v) is 7.30. The quantitative estimate of drug-likeness (QED) is 0.780. The summed E-state index contributed by atoms with van der Waals surface area (Å²) in [4.78, 5) is 2.12. The number of rotatable bonds is 7. The second kappa shape index (κ2) is 7.36. The lowest BCUT2D eigenvalue weighted by Gasteiger charge is -2.20.